The number of para-hydroxylation sites is 2. The molecule has 0 atom stereocenters. The Morgan fingerprint density at radius 1 is 0.208 bits per heavy atom. The van der Waals surface area contributed by atoms with E-state index in [1.807, 2.05) is 218 Å². The zero-order valence-corrected chi connectivity index (χ0v) is 51.1. The minimum atomic E-state index is 0.289. The van der Waals surface area contributed by atoms with Gasteiger partial charge >= 0.3 is 0 Å². The van der Waals surface area contributed by atoms with Gasteiger partial charge in [-0.1, -0.05) is 212 Å². The van der Waals surface area contributed by atoms with Crippen molar-refractivity contribution in [1.29, 1.82) is 10.5 Å². The summed E-state index contributed by atoms with van der Waals surface area (Å²) >= 11 is 0. The van der Waals surface area contributed by atoms with Crippen LogP contribution in [0.2, 0.25) is 0 Å². The number of rotatable bonds is 12. The molecule has 0 amide bonds. The Morgan fingerprint density at radius 2 is 0.521 bits per heavy atom. The molecule has 0 N–H and O–H groups in total. The Bertz CT molecular complexity index is 5860. The highest BCUT2D eigenvalue weighted by molar-refractivity contribution is 6.12. The average molecular weight is 1230 g/mol. The van der Waals surface area contributed by atoms with Crippen molar-refractivity contribution in [2.24, 2.45) is 0 Å². The molecule has 5 heterocycles. The number of benzene rings is 12. The van der Waals surface area contributed by atoms with Crippen molar-refractivity contribution in [2.45, 2.75) is 0 Å². The number of nitrogens with zero attached hydrogens (tertiary/aromatic N) is 13. The normalized spacial score (nSPS) is 11.3. The zero-order valence-electron chi connectivity index (χ0n) is 51.1. The summed E-state index contributed by atoms with van der Waals surface area (Å²) in [5, 5.41) is 25.9. The van der Waals surface area contributed by atoms with Gasteiger partial charge < -0.3 is 9.13 Å². The van der Waals surface area contributed by atoms with Crippen LogP contribution in [-0.2, 0) is 0 Å². The first-order valence-corrected chi connectivity index (χ1v) is 31.3. The van der Waals surface area contributed by atoms with E-state index in [1.54, 1.807) is 0 Å². The van der Waals surface area contributed by atoms with Gasteiger partial charge in [-0.15, -0.1) is 0 Å². The average Bonchev–Trinajstić information content (AvgIpc) is 1.66. The fraction of sp³-hybridized carbons (Fsp3) is 0. The van der Waals surface area contributed by atoms with Crippen molar-refractivity contribution < 1.29 is 0 Å². The van der Waals surface area contributed by atoms with E-state index in [0.29, 0.717) is 74.4 Å². The molecule has 446 valence electrons. The van der Waals surface area contributed by atoms with Crippen molar-refractivity contribution in [1.82, 2.24) is 54.0 Å². The molecule has 17 aromatic rings. The number of aromatic nitrogens is 11. The largest absolute Gasteiger partial charge is 0.309 e. The second-order valence-electron chi connectivity index (χ2n) is 23.1. The summed E-state index contributed by atoms with van der Waals surface area (Å²) in [6, 6.07) is 104. The van der Waals surface area contributed by atoms with E-state index >= 15 is 0 Å². The van der Waals surface area contributed by atoms with Gasteiger partial charge in [0.05, 0.1) is 45.3 Å². The van der Waals surface area contributed by atoms with E-state index < -0.39 is 0 Å². The van der Waals surface area contributed by atoms with Gasteiger partial charge in [0.2, 0.25) is 0 Å². The quantitative estimate of drug-likeness (QED) is 0.114. The van der Waals surface area contributed by atoms with Crippen LogP contribution in [0.5, 0.6) is 0 Å². The minimum absolute atomic E-state index is 0.289. The van der Waals surface area contributed by atoms with Gasteiger partial charge in [-0.25, -0.2) is 44.9 Å². The summed E-state index contributed by atoms with van der Waals surface area (Å²) < 4.78 is 4.46. The first kappa shape index (κ1) is 56.2. The molecule has 13 nitrogen and oxygen atoms in total. The Labute approximate surface area is 550 Å². The van der Waals surface area contributed by atoms with Crippen molar-refractivity contribution in [2.75, 3.05) is 0 Å². The van der Waals surface area contributed by atoms with Crippen LogP contribution in [0, 0.1) is 22.7 Å². The van der Waals surface area contributed by atoms with E-state index in [2.05, 4.69) is 100 Å². The number of nitriles is 2. The van der Waals surface area contributed by atoms with Crippen LogP contribution in [0.25, 0.3) is 169 Å². The molecule has 0 radical (unpaired) electrons. The smallest absolute Gasteiger partial charge is 0.165 e. The maximum atomic E-state index is 11.1. The van der Waals surface area contributed by atoms with Crippen LogP contribution in [0.1, 0.15) is 11.1 Å². The van der Waals surface area contributed by atoms with Crippen molar-refractivity contribution in [3.8, 4) is 137 Å². The van der Waals surface area contributed by atoms with Crippen molar-refractivity contribution in [3.63, 3.8) is 0 Å². The molecule has 0 unspecified atom stereocenters. The lowest BCUT2D eigenvalue weighted by Gasteiger charge is -2.16. The van der Waals surface area contributed by atoms with Crippen molar-refractivity contribution in [3.05, 3.63) is 308 Å². The van der Waals surface area contributed by atoms with E-state index in [9.17, 15) is 10.5 Å². The number of hydrogen-bond acceptors (Lipinski definition) is 11. The summed E-state index contributed by atoms with van der Waals surface area (Å²) in [7, 11) is 0. The van der Waals surface area contributed by atoms with Gasteiger partial charge in [0.1, 0.15) is 0 Å². The Balaban J connectivity index is 0.832. The molecule has 0 bridgehead atoms. The van der Waals surface area contributed by atoms with E-state index in [-0.39, 0.29) is 5.82 Å². The summed E-state index contributed by atoms with van der Waals surface area (Å²) in [5.74, 6) is 4.43. The molecule has 5 aromatic heterocycles. The second kappa shape index (κ2) is 23.8. The monoisotopic (exact) mass is 1230 g/mol. The second-order valence-corrected chi connectivity index (χ2v) is 23.1. The first-order chi connectivity index (χ1) is 47.5. The summed E-state index contributed by atoms with van der Waals surface area (Å²) in [6.45, 7) is 0. The van der Waals surface area contributed by atoms with Gasteiger partial charge in [0, 0.05) is 88.6 Å². The van der Waals surface area contributed by atoms with Crippen LogP contribution in [-0.4, -0.2) is 54.0 Å². The molecular weight excluding hydrogens is 1180 g/mol. The fourth-order valence-electron chi connectivity index (χ4n) is 12.8. The lowest BCUT2D eigenvalue weighted by Crippen LogP contribution is -2.04. The van der Waals surface area contributed by atoms with Gasteiger partial charge in [-0.2, -0.15) is 10.5 Å². The van der Waals surface area contributed by atoms with Gasteiger partial charge in [-0.3, -0.25) is 0 Å². The van der Waals surface area contributed by atoms with Crippen LogP contribution in [0.15, 0.2) is 297 Å². The van der Waals surface area contributed by atoms with Crippen molar-refractivity contribution >= 4 is 43.6 Å². The van der Waals surface area contributed by atoms with Gasteiger partial charge in [0.25, 0.3) is 0 Å². The highest BCUT2D eigenvalue weighted by Crippen LogP contribution is 2.42. The predicted molar refractivity (Wildman–Crippen MR) is 379 cm³/mol. The van der Waals surface area contributed by atoms with E-state index in [1.165, 1.54) is 0 Å². The topological polar surface area (TPSA) is 173 Å². The lowest BCUT2D eigenvalue weighted by atomic mass is 9.94. The summed E-state index contributed by atoms with van der Waals surface area (Å²) in [4.78, 5) is 46.3. The SMILES string of the molecule is N#Cc1ccc(-n2c3ccccc3c3cc(-c4nc(-c5ccccc5)nc(-c5ccccc5)n4)ccc32)cc1-c1nc(-c2ccccc2)nc(-c2cc(-n3c4ccccc4c4cc(-c5nc(-c6ccccc6)nc(-c6ccccc6)n5)ccc43)ccc2-c2ccccc2C#N)n1. The van der Waals surface area contributed by atoms with Crippen LogP contribution in [0.3, 0.4) is 0 Å². The predicted octanol–water partition coefficient (Wildman–Crippen LogP) is 18.8. The third kappa shape index (κ3) is 10.1. The minimum Gasteiger partial charge on any atom is -0.309 e. The third-order valence-electron chi connectivity index (χ3n) is 17.4. The van der Waals surface area contributed by atoms with Crippen LogP contribution in [0.4, 0.5) is 0 Å². The molecule has 0 aliphatic heterocycles. The highest BCUT2D eigenvalue weighted by atomic mass is 15.1. The molecule has 96 heavy (non-hydrogen) atoms. The Kier molecular flexibility index (Phi) is 13.9. The molecule has 13 heteroatoms. The molecule has 0 saturated heterocycles. The van der Waals surface area contributed by atoms with Crippen LogP contribution < -0.4 is 0 Å². The standard InChI is InChI=1S/C83H49N13/c84-50-59-32-16-17-33-63(59)64-43-42-62(96-72-37-21-19-35-66(72)69-47-58(40-45-74(69)96)81-90-77(54-26-10-3-11-27-54)87-78(91-81)55-28-12-4-13-29-55)49-70(64)83-93-79(56-30-14-5-15-31-56)92-82(94-83)67-48-61(41-38-60(67)51-85)95-71-36-20-18-34-65(71)68-46-57(39-44-73(68)95)80-88-75(52-22-6-1-7-23-52)86-76(89-80)53-24-8-2-9-25-53/h1-49H. The fourth-order valence-corrected chi connectivity index (χ4v) is 12.8. The Morgan fingerprint density at radius 3 is 0.948 bits per heavy atom. The number of fused-ring (bicyclic) bond motifs is 6. The molecule has 0 saturated carbocycles. The molecule has 0 aliphatic carbocycles. The van der Waals surface area contributed by atoms with Crippen LogP contribution >= 0.6 is 0 Å². The molecule has 0 aliphatic rings. The molecule has 12 aromatic carbocycles. The van der Waals surface area contributed by atoms with Gasteiger partial charge in [0.15, 0.2) is 52.4 Å². The maximum Gasteiger partial charge on any atom is 0.165 e. The first-order valence-electron chi connectivity index (χ1n) is 31.3. The molecule has 17 rings (SSSR count). The van der Waals surface area contributed by atoms with Gasteiger partial charge in [-0.05, 0) is 90.5 Å². The molecule has 0 spiro atoms. The van der Waals surface area contributed by atoms with E-state index in [4.69, 9.17) is 44.9 Å². The third-order valence-corrected chi connectivity index (χ3v) is 17.4. The Hall–Kier alpha value is -13.8. The lowest BCUT2D eigenvalue weighted by molar-refractivity contribution is 1.07. The molecular formula is C83H49N13. The maximum absolute atomic E-state index is 11.1. The summed E-state index contributed by atoms with van der Waals surface area (Å²) in [5.41, 5.74) is 14.8. The number of hydrogen-bond donors (Lipinski definition) is 0. The van der Waals surface area contributed by atoms with E-state index in [0.717, 1.165) is 99.5 Å². The summed E-state index contributed by atoms with van der Waals surface area (Å²) in [6.07, 6.45) is 0. The highest BCUT2D eigenvalue weighted by Gasteiger charge is 2.24. The zero-order chi connectivity index (χ0) is 64.1. The molecule has 0 fully saturated rings.